The number of thiophene rings is 1. The number of anilines is 1. The van der Waals surface area contributed by atoms with Gasteiger partial charge in [-0.3, -0.25) is 0 Å². The van der Waals surface area contributed by atoms with E-state index in [2.05, 4.69) is 69.2 Å². The summed E-state index contributed by atoms with van der Waals surface area (Å²) in [6.07, 6.45) is 4.12. The highest BCUT2D eigenvalue weighted by molar-refractivity contribution is 7.17. The summed E-state index contributed by atoms with van der Waals surface area (Å²) in [4.78, 5) is 9.99. The van der Waals surface area contributed by atoms with E-state index in [0.29, 0.717) is 6.04 Å². The second kappa shape index (κ2) is 5.97. The molecule has 2 heterocycles. The van der Waals surface area contributed by atoms with Crippen LogP contribution >= 0.6 is 11.3 Å². The van der Waals surface area contributed by atoms with E-state index in [-0.39, 0.29) is 0 Å². The first-order valence-corrected chi connectivity index (χ1v) is 9.41. The van der Waals surface area contributed by atoms with Crippen LogP contribution in [0.4, 0.5) is 5.82 Å². The molecule has 0 bridgehead atoms. The summed E-state index contributed by atoms with van der Waals surface area (Å²) in [7, 11) is 0. The second-order valence-electron chi connectivity index (χ2n) is 6.41. The fraction of sp³-hybridized carbons (Fsp3) is 0.143. The summed E-state index contributed by atoms with van der Waals surface area (Å²) in [5.74, 6) is 0.968. The molecule has 2 aromatic heterocycles. The van der Waals surface area contributed by atoms with Gasteiger partial charge in [-0.15, -0.1) is 11.3 Å². The molecule has 5 rings (SSSR count). The number of benzene rings is 2. The smallest absolute Gasteiger partial charge is 0.139 e. The molecule has 0 spiro atoms. The first kappa shape index (κ1) is 14.6. The lowest BCUT2D eigenvalue weighted by Gasteiger charge is -2.08. The van der Waals surface area contributed by atoms with E-state index < -0.39 is 0 Å². The van der Waals surface area contributed by atoms with Crippen LogP contribution in [0.1, 0.15) is 12.8 Å². The van der Waals surface area contributed by atoms with Crippen LogP contribution < -0.4 is 5.32 Å². The Balaban J connectivity index is 1.56. The molecule has 4 heteroatoms. The molecule has 0 radical (unpaired) electrons. The summed E-state index contributed by atoms with van der Waals surface area (Å²) < 4.78 is 0. The van der Waals surface area contributed by atoms with Gasteiger partial charge in [-0.05, 0) is 29.5 Å². The van der Waals surface area contributed by atoms with Crippen molar-refractivity contribution in [2.24, 2.45) is 0 Å². The summed E-state index contributed by atoms with van der Waals surface area (Å²) >= 11 is 1.68. The van der Waals surface area contributed by atoms with Crippen molar-refractivity contribution in [1.82, 2.24) is 9.97 Å². The van der Waals surface area contributed by atoms with Gasteiger partial charge in [0.2, 0.25) is 0 Å². The van der Waals surface area contributed by atoms with Crippen molar-refractivity contribution in [2.45, 2.75) is 18.9 Å². The van der Waals surface area contributed by atoms with Crippen LogP contribution in [0, 0.1) is 0 Å². The minimum Gasteiger partial charge on any atom is -0.367 e. The van der Waals surface area contributed by atoms with Crippen LogP contribution in [0.25, 0.3) is 32.5 Å². The first-order chi connectivity index (χ1) is 12.4. The molecule has 1 N–H and O–H groups in total. The van der Waals surface area contributed by atoms with Gasteiger partial charge >= 0.3 is 0 Å². The number of nitrogens with one attached hydrogen (secondary N) is 1. The van der Waals surface area contributed by atoms with Gasteiger partial charge in [0.1, 0.15) is 17.0 Å². The third-order valence-electron chi connectivity index (χ3n) is 4.59. The van der Waals surface area contributed by atoms with Gasteiger partial charge in [-0.25, -0.2) is 9.97 Å². The van der Waals surface area contributed by atoms with E-state index in [1.807, 2.05) is 6.07 Å². The van der Waals surface area contributed by atoms with Crippen molar-refractivity contribution in [3.8, 4) is 22.3 Å². The average Bonchev–Trinajstić information content (AvgIpc) is 3.38. The molecule has 1 aliphatic carbocycles. The number of hydrogen-bond acceptors (Lipinski definition) is 4. The molecular weight excluding hydrogens is 326 g/mol. The lowest BCUT2D eigenvalue weighted by molar-refractivity contribution is 1.11. The Hall–Kier alpha value is -2.72. The Morgan fingerprint density at radius 2 is 1.56 bits per heavy atom. The number of rotatable bonds is 4. The number of nitrogens with zero attached hydrogens (tertiary/aromatic N) is 2. The molecule has 1 saturated carbocycles. The molecule has 0 saturated heterocycles. The van der Waals surface area contributed by atoms with E-state index in [4.69, 9.17) is 0 Å². The minimum absolute atomic E-state index is 0.575. The average molecular weight is 343 g/mol. The number of aromatic nitrogens is 2. The van der Waals surface area contributed by atoms with Gasteiger partial charge in [0.05, 0.1) is 5.39 Å². The van der Waals surface area contributed by atoms with Crippen molar-refractivity contribution in [3.05, 3.63) is 66.3 Å². The van der Waals surface area contributed by atoms with E-state index in [1.165, 1.54) is 35.1 Å². The molecule has 1 fully saturated rings. The molecule has 2 aromatic carbocycles. The van der Waals surface area contributed by atoms with Crippen LogP contribution in [0.15, 0.2) is 66.3 Å². The number of hydrogen-bond donors (Lipinski definition) is 1. The Morgan fingerprint density at radius 3 is 2.32 bits per heavy atom. The molecule has 0 atom stereocenters. The second-order valence-corrected chi connectivity index (χ2v) is 7.27. The van der Waals surface area contributed by atoms with Gasteiger partial charge in [0.15, 0.2) is 0 Å². The molecular formula is C21H17N3S. The quantitative estimate of drug-likeness (QED) is 0.524. The maximum atomic E-state index is 4.50. The van der Waals surface area contributed by atoms with Crippen LogP contribution in [0.5, 0.6) is 0 Å². The van der Waals surface area contributed by atoms with Crippen LogP contribution in [-0.2, 0) is 0 Å². The lowest BCUT2D eigenvalue weighted by Crippen LogP contribution is -2.03. The highest BCUT2D eigenvalue weighted by Crippen LogP contribution is 2.38. The third kappa shape index (κ3) is 2.79. The first-order valence-electron chi connectivity index (χ1n) is 8.53. The molecule has 1 aliphatic rings. The lowest BCUT2D eigenvalue weighted by atomic mass is 10.0. The number of fused-ring (bicyclic) bond motifs is 1. The van der Waals surface area contributed by atoms with Crippen molar-refractivity contribution < 1.29 is 0 Å². The molecule has 0 aliphatic heterocycles. The van der Waals surface area contributed by atoms with Gasteiger partial charge in [-0.2, -0.15) is 0 Å². The zero-order valence-corrected chi connectivity index (χ0v) is 14.5. The van der Waals surface area contributed by atoms with Crippen LogP contribution in [0.3, 0.4) is 0 Å². The van der Waals surface area contributed by atoms with Gasteiger partial charge in [0.25, 0.3) is 0 Å². The van der Waals surface area contributed by atoms with Gasteiger partial charge in [0, 0.05) is 17.0 Å². The molecule has 4 aromatic rings. The van der Waals surface area contributed by atoms with Crippen molar-refractivity contribution in [1.29, 1.82) is 0 Å². The Kier molecular flexibility index (Phi) is 3.49. The SMILES string of the molecule is c1ccc(-c2ccc(-c3csc4ncnc(NC5CC5)c34)cc2)cc1. The Morgan fingerprint density at radius 1 is 0.840 bits per heavy atom. The third-order valence-corrected chi connectivity index (χ3v) is 5.48. The minimum atomic E-state index is 0.575. The monoisotopic (exact) mass is 343 g/mol. The maximum Gasteiger partial charge on any atom is 0.139 e. The highest BCUT2D eigenvalue weighted by atomic mass is 32.1. The van der Waals surface area contributed by atoms with Gasteiger partial charge in [-0.1, -0.05) is 54.6 Å². The van der Waals surface area contributed by atoms with E-state index >= 15 is 0 Å². The van der Waals surface area contributed by atoms with E-state index in [9.17, 15) is 0 Å². The fourth-order valence-electron chi connectivity index (χ4n) is 3.09. The molecule has 0 amide bonds. The predicted molar refractivity (Wildman–Crippen MR) is 105 cm³/mol. The molecule has 25 heavy (non-hydrogen) atoms. The summed E-state index contributed by atoms with van der Waals surface area (Å²) in [6, 6.07) is 19.8. The van der Waals surface area contributed by atoms with E-state index in [0.717, 1.165) is 16.0 Å². The summed E-state index contributed by atoms with van der Waals surface area (Å²) in [5, 5.41) is 6.88. The zero-order chi connectivity index (χ0) is 16.6. The van der Waals surface area contributed by atoms with Gasteiger partial charge < -0.3 is 5.32 Å². The molecule has 0 unspecified atom stereocenters. The molecule has 3 nitrogen and oxygen atoms in total. The van der Waals surface area contributed by atoms with Crippen molar-refractivity contribution in [3.63, 3.8) is 0 Å². The topological polar surface area (TPSA) is 37.8 Å². The molecule has 122 valence electrons. The summed E-state index contributed by atoms with van der Waals surface area (Å²) in [6.45, 7) is 0. The predicted octanol–water partition coefficient (Wildman–Crippen LogP) is 5.60. The largest absolute Gasteiger partial charge is 0.367 e. The Bertz CT molecular complexity index is 1020. The standard InChI is InChI=1S/C21H17N3S/c1-2-4-14(5-3-1)15-6-8-16(9-7-15)18-12-25-21-19(18)20(22-13-23-21)24-17-10-11-17/h1-9,12-13,17H,10-11H2,(H,22,23,24). The van der Waals surface area contributed by atoms with Crippen molar-refractivity contribution in [2.75, 3.05) is 5.32 Å². The fourth-order valence-corrected chi connectivity index (χ4v) is 4.01. The summed E-state index contributed by atoms with van der Waals surface area (Å²) in [5.41, 5.74) is 4.89. The normalized spacial score (nSPS) is 13.9. The maximum absolute atomic E-state index is 4.50. The van der Waals surface area contributed by atoms with Crippen LogP contribution in [0.2, 0.25) is 0 Å². The zero-order valence-electron chi connectivity index (χ0n) is 13.6. The van der Waals surface area contributed by atoms with Crippen LogP contribution in [-0.4, -0.2) is 16.0 Å². The highest BCUT2D eigenvalue weighted by Gasteiger charge is 2.23. The van der Waals surface area contributed by atoms with Crippen molar-refractivity contribution >= 4 is 27.4 Å². The Labute approximate surface area is 150 Å². The van der Waals surface area contributed by atoms with E-state index in [1.54, 1.807) is 17.7 Å².